The topological polar surface area (TPSA) is 105 Å². The molecular formula is C5H10N2O5S. The SMILES string of the molecule is O=C(OS(=O)(=O)O)C1CNCCN1. The second-order valence-electron chi connectivity index (χ2n) is 2.54. The summed E-state index contributed by atoms with van der Waals surface area (Å²) in [4.78, 5) is 10.9. The maximum absolute atomic E-state index is 10.9. The lowest BCUT2D eigenvalue weighted by Gasteiger charge is -2.21. The van der Waals surface area contributed by atoms with Crippen LogP contribution in [0.3, 0.4) is 0 Å². The average molecular weight is 210 g/mol. The molecule has 3 N–H and O–H groups in total. The van der Waals surface area contributed by atoms with Gasteiger partial charge in [0.25, 0.3) is 0 Å². The zero-order chi connectivity index (χ0) is 9.90. The Morgan fingerprint density at radius 3 is 2.62 bits per heavy atom. The number of hydrogen-bond acceptors (Lipinski definition) is 6. The molecule has 1 aliphatic rings. The maximum atomic E-state index is 10.9. The van der Waals surface area contributed by atoms with Crippen molar-refractivity contribution in [1.29, 1.82) is 0 Å². The van der Waals surface area contributed by atoms with Gasteiger partial charge >= 0.3 is 16.4 Å². The molecule has 13 heavy (non-hydrogen) atoms. The molecule has 8 heteroatoms. The first-order valence-corrected chi connectivity index (χ1v) is 5.00. The summed E-state index contributed by atoms with van der Waals surface area (Å²) in [6, 6.07) is -0.726. The van der Waals surface area contributed by atoms with Crippen LogP contribution in [0.2, 0.25) is 0 Å². The summed E-state index contributed by atoms with van der Waals surface area (Å²) in [7, 11) is -4.69. The number of carbonyl (C=O) groups excluding carboxylic acids is 1. The second-order valence-corrected chi connectivity index (χ2v) is 3.56. The number of hydrogen-bond donors (Lipinski definition) is 3. The van der Waals surface area contributed by atoms with Crippen molar-refractivity contribution < 1.29 is 21.9 Å². The number of piperazine rings is 1. The Balaban J connectivity index is 2.47. The van der Waals surface area contributed by atoms with Crippen molar-refractivity contribution in [2.45, 2.75) is 6.04 Å². The lowest BCUT2D eigenvalue weighted by Crippen LogP contribution is -2.53. The van der Waals surface area contributed by atoms with Crippen molar-refractivity contribution in [3.63, 3.8) is 0 Å². The Hall–Kier alpha value is -0.700. The third kappa shape index (κ3) is 3.68. The van der Waals surface area contributed by atoms with Gasteiger partial charge in [0.05, 0.1) is 0 Å². The predicted molar refractivity (Wildman–Crippen MR) is 42.3 cm³/mol. The van der Waals surface area contributed by atoms with Gasteiger partial charge in [0, 0.05) is 19.6 Å². The third-order valence-electron chi connectivity index (χ3n) is 1.51. The van der Waals surface area contributed by atoms with E-state index >= 15 is 0 Å². The van der Waals surface area contributed by atoms with Gasteiger partial charge in [0.1, 0.15) is 6.04 Å². The van der Waals surface area contributed by atoms with E-state index in [0.29, 0.717) is 13.1 Å². The van der Waals surface area contributed by atoms with Crippen LogP contribution in [0.1, 0.15) is 0 Å². The van der Waals surface area contributed by atoms with Gasteiger partial charge in [-0.2, -0.15) is 8.42 Å². The molecular weight excluding hydrogens is 200 g/mol. The van der Waals surface area contributed by atoms with Crippen molar-refractivity contribution in [3.05, 3.63) is 0 Å². The van der Waals surface area contributed by atoms with Gasteiger partial charge in [-0.15, -0.1) is 0 Å². The maximum Gasteiger partial charge on any atom is 0.449 e. The van der Waals surface area contributed by atoms with Crippen LogP contribution in [0.15, 0.2) is 0 Å². The fraction of sp³-hybridized carbons (Fsp3) is 0.800. The van der Waals surface area contributed by atoms with E-state index in [0.717, 1.165) is 0 Å². The fourth-order valence-electron chi connectivity index (χ4n) is 0.982. The Bertz CT molecular complexity index is 281. The highest BCUT2D eigenvalue weighted by Crippen LogP contribution is 1.95. The first-order valence-electron chi connectivity index (χ1n) is 3.64. The molecule has 1 atom stereocenters. The number of rotatable bonds is 2. The van der Waals surface area contributed by atoms with Gasteiger partial charge in [-0.05, 0) is 0 Å². The Morgan fingerprint density at radius 2 is 2.15 bits per heavy atom. The molecule has 0 aromatic carbocycles. The molecule has 7 nitrogen and oxygen atoms in total. The minimum atomic E-state index is -4.69. The summed E-state index contributed by atoms with van der Waals surface area (Å²) >= 11 is 0. The zero-order valence-corrected chi connectivity index (χ0v) is 7.50. The predicted octanol–water partition coefficient (Wildman–Crippen LogP) is -2.11. The molecule has 1 saturated heterocycles. The van der Waals surface area contributed by atoms with Gasteiger partial charge in [0.15, 0.2) is 0 Å². The Kier molecular flexibility index (Phi) is 3.20. The van der Waals surface area contributed by atoms with Crippen molar-refractivity contribution in [3.8, 4) is 0 Å². The van der Waals surface area contributed by atoms with Gasteiger partial charge < -0.3 is 14.8 Å². The van der Waals surface area contributed by atoms with E-state index in [1.54, 1.807) is 0 Å². The van der Waals surface area contributed by atoms with Crippen LogP contribution in [-0.2, 0) is 19.4 Å². The molecule has 0 saturated carbocycles. The molecule has 0 aliphatic carbocycles. The standard InChI is InChI=1S/C5H10N2O5S/c8-5(12-13(9,10)11)4-3-6-1-2-7-4/h4,6-7H,1-3H2,(H,9,10,11). The van der Waals surface area contributed by atoms with Crippen LogP contribution in [0.5, 0.6) is 0 Å². The second kappa shape index (κ2) is 4.01. The van der Waals surface area contributed by atoms with Crippen molar-refractivity contribution >= 4 is 16.4 Å². The molecule has 0 bridgehead atoms. The number of nitrogens with one attached hydrogen (secondary N) is 2. The van der Waals surface area contributed by atoms with Crippen LogP contribution in [-0.4, -0.2) is 44.6 Å². The summed E-state index contributed by atoms with van der Waals surface area (Å²) < 4.78 is 32.3. The van der Waals surface area contributed by atoms with Crippen LogP contribution in [0, 0.1) is 0 Å². The first kappa shape index (κ1) is 10.4. The molecule has 1 rings (SSSR count). The molecule has 0 radical (unpaired) electrons. The van der Waals surface area contributed by atoms with Gasteiger partial charge in [-0.25, -0.2) is 4.79 Å². The minimum absolute atomic E-state index is 0.286. The van der Waals surface area contributed by atoms with E-state index in [1.807, 2.05) is 0 Å². The monoisotopic (exact) mass is 210 g/mol. The van der Waals surface area contributed by atoms with Crippen molar-refractivity contribution in [1.82, 2.24) is 10.6 Å². The highest BCUT2D eigenvalue weighted by Gasteiger charge is 2.25. The lowest BCUT2D eigenvalue weighted by molar-refractivity contribution is -0.136. The van der Waals surface area contributed by atoms with Crippen molar-refractivity contribution in [2.75, 3.05) is 19.6 Å². The van der Waals surface area contributed by atoms with Gasteiger partial charge in [-0.3, -0.25) is 4.55 Å². The quantitative estimate of drug-likeness (QED) is 0.448. The van der Waals surface area contributed by atoms with Gasteiger partial charge in [-0.1, -0.05) is 0 Å². The summed E-state index contributed by atoms with van der Waals surface area (Å²) in [5.41, 5.74) is 0. The van der Waals surface area contributed by atoms with E-state index in [-0.39, 0.29) is 6.54 Å². The zero-order valence-electron chi connectivity index (χ0n) is 6.69. The molecule has 0 aromatic heterocycles. The molecule has 1 aliphatic heterocycles. The fourth-order valence-corrected chi connectivity index (χ4v) is 1.31. The number of carbonyl (C=O) groups is 1. The van der Waals surface area contributed by atoms with Crippen LogP contribution in [0.25, 0.3) is 0 Å². The summed E-state index contributed by atoms with van der Waals surface area (Å²) in [6.45, 7) is 1.54. The largest absolute Gasteiger partial charge is 0.449 e. The van der Waals surface area contributed by atoms with E-state index in [1.165, 1.54) is 0 Å². The third-order valence-corrected chi connectivity index (χ3v) is 1.89. The van der Waals surface area contributed by atoms with Crippen LogP contribution < -0.4 is 10.6 Å². The smallest absolute Gasteiger partial charge is 0.323 e. The highest BCUT2D eigenvalue weighted by molar-refractivity contribution is 7.81. The average Bonchev–Trinajstić information content (AvgIpc) is 2.03. The van der Waals surface area contributed by atoms with E-state index in [9.17, 15) is 13.2 Å². The minimum Gasteiger partial charge on any atom is -0.323 e. The molecule has 0 spiro atoms. The normalized spacial score (nSPS) is 23.9. The molecule has 0 amide bonds. The van der Waals surface area contributed by atoms with Crippen LogP contribution in [0.4, 0.5) is 0 Å². The lowest BCUT2D eigenvalue weighted by atomic mass is 10.2. The van der Waals surface area contributed by atoms with E-state index in [4.69, 9.17) is 4.55 Å². The molecule has 1 heterocycles. The highest BCUT2D eigenvalue weighted by atomic mass is 32.3. The molecule has 0 aromatic rings. The molecule has 1 unspecified atom stereocenters. The molecule has 1 fully saturated rings. The first-order chi connectivity index (χ1) is 5.99. The van der Waals surface area contributed by atoms with Gasteiger partial charge in [0.2, 0.25) is 0 Å². The Labute approximate surface area is 75.4 Å². The molecule has 76 valence electrons. The van der Waals surface area contributed by atoms with Crippen molar-refractivity contribution in [2.24, 2.45) is 0 Å². The van der Waals surface area contributed by atoms with E-state index in [2.05, 4.69) is 14.8 Å². The summed E-state index contributed by atoms with van der Waals surface area (Å²) in [6.07, 6.45) is 0. The summed E-state index contributed by atoms with van der Waals surface area (Å²) in [5, 5.41) is 5.59. The van der Waals surface area contributed by atoms with E-state index < -0.39 is 22.4 Å². The van der Waals surface area contributed by atoms with Crippen LogP contribution >= 0.6 is 0 Å². The summed E-state index contributed by atoms with van der Waals surface area (Å²) in [5.74, 6) is -1.00. The Morgan fingerprint density at radius 1 is 1.46 bits per heavy atom.